The lowest BCUT2D eigenvalue weighted by Crippen LogP contribution is -2.21. The molecule has 3 heteroatoms. The summed E-state index contributed by atoms with van der Waals surface area (Å²) in [4.78, 5) is 3.99. The standard InChI is InChI=1S/C12H21N3/c1-11(13)3-2-7-14-8-4-12-5-9-15-10-6-12/h5-6,9-11,14H,2-4,7-8,13H2,1H3. The molecule has 0 aliphatic rings. The van der Waals surface area contributed by atoms with Gasteiger partial charge in [-0.05, 0) is 57.0 Å². The largest absolute Gasteiger partial charge is 0.328 e. The van der Waals surface area contributed by atoms with Crippen LogP contribution in [0.25, 0.3) is 0 Å². The molecule has 0 aliphatic heterocycles. The van der Waals surface area contributed by atoms with E-state index in [1.54, 1.807) is 0 Å². The molecule has 15 heavy (non-hydrogen) atoms. The molecule has 84 valence electrons. The molecule has 0 saturated heterocycles. The van der Waals surface area contributed by atoms with E-state index in [2.05, 4.69) is 29.4 Å². The van der Waals surface area contributed by atoms with Gasteiger partial charge >= 0.3 is 0 Å². The van der Waals surface area contributed by atoms with Gasteiger partial charge < -0.3 is 11.1 Å². The lowest BCUT2D eigenvalue weighted by atomic mass is 10.2. The third kappa shape index (κ3) is 6.20. The second-order valence-electron chi connectivity index (χ2n) is 3.97. The van der Waals surface area contributed by atoms with Crippen molar-refractivity contribution >= 4 is 0 Å². The van der Waals surface area contributed by atoms with Crippen molar-refractivity contribution in [1.29, 1.82) is 0 Å². The number of aromatic nitrogens is 1. The van der Waals surface area contributed by atoms with Crippen LogP contribution >= 0.6 is 0 Å². The number of nitrogens with one attached hydrogen (secondary N) is 1. The Morgan fingerprint density at radius 3 is 2.73 bits per heavy atom. The Balaban J connectivity index is 1.98. The Bertz CT molecular complexity index is 246. The Morgan fingerprint density at radius 2 is 2.07 bits per heavy atom. The zero-order valence-electron chi connectivity index (χ0n) is 9.45. The predicted octanol–water partition coefficient (Wildman–Crippen LogP) is 1.34. The molecular formula is C12H21N3. The Morgan fingerprint density at radius 1 is 1.33 bits per heavy atom. The van der Waals surface area contributed by atoms with E-state index in [0.29, 0.717) is 6.04 Å². The molecule has 0 bridgehead atoms. The lowest BCUT2D eigenvalue weighted by Gasteiger charge is -2.06. The molecule has 0 fully saturated rings. The summed E-state index contributed by atoms with van der Waals surface area (Å²) in [5.41, 5.74) is 7.00. The molecule has 1 unspecified atom stereocenters. The first-order chi connectivity index (χ1) is 7.29. The van der Waals surface area contributed by atoms with Crippen molar-refractivity contribution in [1.82, 2.24) is 10.3 Å². The third-order valence-electron chi connectivity index (χ3n) is 2.35. The molecule has 0 aliphatic carbocycles. The first-order valence-corrected chi connectivity index (χ1v) is 5.64. The third-order valence-corrected chi connectivity index (χ3v) is 2.35. The highest BCUT2D eigenvalue weighted by Gasteiger charge is 1.94. The second kappa shape index (κ2) is 7.37. The minimum absolute atomic E-state index is 0.326. The van der Waals surface area contributed by atoms with E-state index in [-0.39, 0.29) is 0 Å². The summed E-state index contributed by atoms with van der Waals surface area (Å²) in [6, 6.07) is 4.44. The van der Waals surface area contributed by atoms with Crippen LogP contribution in [0.2, 0.25) is 0 Å². The van der Waals surface area contributed by atoms with Crippen molar-refractivity contribution in [2.75, 3.05) is 13.1 Å². The van der Waals surface area contributed by atoms with Crippen LogP contribution in [0.4, 0.5) is 0 Å². The van der Waals surface area contributed by atoms with Crippen LogP contribution in [0.15, 0.2) is 24.5 Å². The zero-order chi connectivity index (χ0) is 10.9. The van der Waals surface area contributed by atoms with Gasteiger partial charge in [0.25, 0.3) is 0 Å². The van der Waals surface area contributed by atoms with E-state index in [1.807, 2.05) is 12.4 Å². The minimum Gasteiger partial charge on any atom is -0.328 e. The maximum absolute atomic E-state index is 5.66. The smallest absolute Gasteiger partial charge is 0.0270 e. The van der Waals surface area contributed by atoms with Gasteiger partial charge in [0.05, 0.1) is 0 Å². The average Bonchev–Trinajstić information content (AvgIpc) is 2.24. The maximum atomic E-state index is 5.66. The van der Waals surface area contributed by atoms with E-state index in [1.165, 1.54) is 5.56 Å². The van der Waals surface area contributed by atoms with Gasteiger partial charge in [0, 0.05) is 18.4 Å². The summed E-state index contributed by atoms with van der Waals surface area (Å²) in [5.74, 6) is 0. The molecule has 1 aromatic rings. The van der Waals surface area contributed by atoms with Gasteiger partial charge in [-0.1, -0.05) is 0 Å². The molecule has 3 nitrogen and oxygen atoms in total. The van der Waals surface area contributed by atoms with Crippen molar-refractivity contribution in [2.45, 2.75) is 32.2 Å². The van der Waals surface area contributed by atoms with Crippen molar-refractivity contribution in [3.63, 3.8) is 0 Å². The quantitative estimate of drug-likeness (QED) is 0.663. The van der Waals surface area contributed by atoms with E-state index < -0.39 is 0 Å². The highest BCUT2D eigenvalue weighted by molar-refractivity contribution is 5.09. The van der Waals surface area contributed by atoms with Gasteiger partial charge in [-0.25, -0.2) is 0 Å². The fraction of sp³-hybridized carbons (Fsp3) is 0.583. The van der Waals surface area contributed by atoms with Gasteiger partial charge in [-0.3, -0.25) is 4.98 Å². The Labute approximate surface area is 92.1 Å². The van der Waals surface area contributed by atoms with E-state index in [9.17, 15) is 0 Å². The molecule has 0 aromatic carbocycles. The molecule has 0 saturated carbocycles. The monoisotopic (exact) mass is 207 g/mol. The van der Waals surface area contributed by atoms with Crippen molar-refractivity contribution < 1.29 is 0 Å². The normalized spacial score (nSPS) is 12.7. The van der Waals surface area contributed by atoms with Gasteiger partial charge in [0.2, 0.25) is 0 Å². The first kappa shape index (κ1) is 12.1. The number of nitrogens with zero attached hydrogens (tertiary/aromatic N) is 1. The summed E-state index contributed by atoms with van der Waals surface area (Å²) in [5, 5.41) is 3.41. The fourth-order valence-corrected chi connectivity index (χ4v) is 1.46. The molecule has 1 rings (SSSR count). The van der Waals surface area contributed by atoms with Crippen LogP contribution < -0.4 is 11.1 Å². The topological polar surface area (TPSA) is 50.9 Å². The summed E-state index contributed by atoms with van der Waals surface area (Å²) in [6.45, 7) is 4.15. The molecule has 3 N–H and O–H groups in total. The predicted molar refractivity (Wildman–Crippen MR) is 63.7 cm³/mol. The van der Waals surface area contributed by atoms with Crippen LogP contribution in [-0.4, -0.2) is 24.1 Å². The fourth-order valence-electron chi connectivity index (χ4n) is 1.46. The zero-order valence-corrected chi connectivity index (χ0v) is 9.45. The molecule has 1 heterocycles. The Kier molecular flexibility index (Phi) is 5.97. The highest BCUT2D eigenvalue weighted by atomic mass is 14.8. The number of hydrogen-bond acceptors (Lipinski definition) is 3. The Hall–Kier alpha value is -0.930. The van der Waals surface area contributed by atoms with Gasteiger partial charge in [0.15, 0.2) is 0 Å². The van der Waals surface area contributed by atoms with Crippen molar-refractivity contribution in [3.8, 4) is 0 Å². The molecule has 1 aromatic heterocycles. The van der Waals surface area contributed by atoms with E-state index in [4.69, 9.17) is 5.73 Å². The van der Waals surface area contributed by atoms with Crippen molar-refractivity contribution in [2.24, 2.45) is 5.73 Å². The molecular weight excluding hydrogens is 186 g/mol. The van der Waals surface area contributed by atoms with E-state index >= 15 is 0 Å². The summed E-state index contributed by atoms with van der Waals surface area (Å²) in [7, 11) is 0. The number of pyridine rings is 1. The highest BCUT2D eigenvalue weighted by Crippen LogP contribution is 1.96. The second-order valence-corrected chi connectivity index (χ2v) is 3.97. The number of hydrogen-bond donors (Lipinski definition) is 2. The van der Waals surface area contributed by atoms with E-state index in [0.717, 1.165) is 32.4 Å². The van der Waals surface area contributed by atoms with Gasteiger partial charge in [-0.2, -0.15) is 0 Å². The number of nitrogens with two attached hydrogens (primary N) is 1. The van der Waals surface area contributed by atoms with Gasteiger partial charge in [-0.15, -0.1) is 0 Å². The minimum atomic E-state index is 0.326. The summed E-state index contributed by atoms with van der Waals surface area (Å²) in [6.07, 6.45) is 7.01. The number of rotatable bonds is 7. The average molecular weight is 207 g/mol. The first-order valence-electron chi connectivity index (χ1n) is 5.64. The lowest BCUT2D eigenvalue weighted by molar-refractivity contribution is 0.575. The maximum Gasteiger partial charge on any atom is 0.0270 e. The van der Waals surface area contributed by atoms with Gasteiger partial charge in [0.1, 0.15) is 0 Å². The molecule has 0 radical (unpaired) electrons. The SMILES string of the molecule is CC(N)CCCNCCc1ccncc1. The van der Waals surface area contributed by atoms with Crippen LogP contribution in [0.3, 0.4) is 0 Å². The van der Waals surface area contributed by atoms with Crippen LogP contribution in [-0.2, 0) is 6.42 Å². The molecule has 0 spiro atoms. The van der Waals surface area contributed by atoms with Crippen LogP contribution in [0, 0.1) is 0 Å². The molecule has 0 amide bonds. The molecule has 1 atom stereocenters. The van der Waals surface area contributed by atoms with Crippen LogP contribution in [0.5, 0.6) is 0 Å². The van der Waals surface area contributed by atoms with Crippen molar-refractivity contribution in [3.05, 3.63) is 30.1 Å². The summed E-state index contributed by atoms with van der Waals surface area (Å²) < 4.78 is 0. The van der Waals surface area contributed by atoms with Crippen LogP contribution in [0.1, 0.15) is 25.3 Å². The summed E-state index contributed by atoms with van der Waals surface area (Å²) >= 11 is 0.